The predicted octanol–water partition coefficient (Wildman–Crippen LogP) is 2.91. The number of benzene rings is 1. The van der Waals surface area contributed by atoms with Crippen LogP contribution in [0, 0.1) is 18.3 Å². The number of anilines is 2. The fourth-order valence-electron chi connectivity index (χ4n) is 5.91. The number of piperazine rings is 1. The third kappa shape index (κ3) is 5.60. The molecule has 4 heterocycles. The van der Waals surface area contributed by atoms with Gasteiger partial charge in [-0.2, -0.15) is 15.2 Å². The van der Waals surface area contributed by atoms with Crippen LogP contribution >= 0.6 is 0 Å². The Bertz CT molecular complexity index is 1130. The Morgan fingerprint density at radius 1 is 1.16 bits per heavy atom. The summed E-state index contributed by atoms with van der Waals surface area (Å²) in [5.41, 5.74) is 4.57. The van der Waals surface area contributed by atoms with Crippen LogP contribution in [0.4, 0.5) is 11.5 Å². The van der Waals surface area contributed by atoms with E-state index in [1.165, 1.54) is 17.7 Å². The van der Waals surface area contributed by atoms with E-state index in [0.717, 1.165) is 74.8 Å². The van der Waals surface area contributed by atoms with Gasteiger partial charge in [0.05, 0.1) is 31.8 Å². The molecule has 0 aliphatic carbocycles. The molecule has 0 amide bonds. The van der Waals surface area contributed by atoms with Crippen LogP contribution < -0.4 is 24.6 Å². The molecule has 2 aromatic rings. The monoisotopic (exact) mass is 505 g/mol. The van der Waals surface area contributed by atoms with Crippen molar-refractivity contribution >= 4 is 11.5 Å². The first kappa shape index (κ1) is 25.6. The van der Waals surface area contributed by atoms with Gasteiger partial charge < -0.3 is 29.5 Å². The molecule has 1 aromatic carbocycles. The Labute approximate surface area is 220 Å². The van der Waals surface area contributed by atoms with Crippen LogP contribution in [0.25, 0.3) is 0 Å². The molecule has 1 N–H and O–H groups in total. The molecule has 0 spiro atoms. The number of ether oxygens (including phenoxy) is 2. The van der Waals surface area contributed by atoms with Gasteiger partial charge in [0.1, 0.15) is 18.2 Å². The van der Waals surface area contributed by atoms with Crippen molar-refractivity contribution < 1.29 is 9.47 Å². The second-order valence-corrected chi connectivity index (χ2v) is 10.4. The Hall–Kier alpha value is -3.09. The predicted molar refractivity (Wildman–Crippen MR) is 145 cm³/mol. The van der Waals surface area contributed by atoms with Gasteiger partial charge in [0.25, 0.3) is 0 Å². The summed E-state index contributed by atoms with van der Waals surface area (Å²) in [6.07, 6.45) is 4.77. The lowest BCUT2D eigenvalue weighted by Gasteiger charge is -2.35. The molecule has 2 fully saturated rings. The number of methoxy groups -OCH3 is 1. The molecule has 198 valence electrons. The highest BCUT2D eigenvalue weighted by Gasteiger charge is 2.29. The number of hydrogen-bond donors (Lipinski definition) is 1. The quantitative estimate of drug-likeness (QED) is 0.610. The zero-order chi connectivity index (χ0) is 25.8. The molecule has 9 nitrogen and oxygen atoms in total. The van der Waals surface area contributed by atoms with Crippen molar-refractivity contribution in [3.05, 3.63) is 35.0 Å². The second kappa shape index (κ2) is 11.5. The molecule has 3 aliphatic rings. The largest absolute Gasteiger partial charge is 0.496 e. The standard InChI is InChI=1S/C28H39N7O2/c1-20-25(9-4-10-26(20)36-3)34-15-6-8-23-24(18-34)31-28(37-19-22-7-5-14-33(22)2)32-27(23)35-16-13-30-21(17-35)11-12-29/h4,9-10,21-22,30H,5-8,11,13-19H2,1-3H3/t21?,22-/m0/s1. The van der Waals surface area contributed by atoms with Crippen molar-refractivity contribution in [1.82, 2.24) is 20.2 Å². The van der Waals surface area contributed by atoms with Crippen molar-refractivity contribution in [2.45, 2.75) is 57.7 Å². The molecular formula is C28H39N7O2. The van der Waals surface area contributed by atoms with E-state index in [1.807, 2.05) is 6.07 Å². The van der Waals surface area contributed by atoms with Crippen LogP contribution in [0.1, 0.15) is 42.5 Å². The normalized spacial score (nSPS) is 22.3. The average Bonchev–Trinajstić information content (AvgIpc) is 3.20. The topological polar surface area (TPSA) is 89.8 Å². The summed E-state index contributed by atoms with van der Waals surface area (Å²) in [5, 5.41) is 12.7. The molecular weight excluding hydrogens is 466 g/mol. The molecule has 37 heavy (non-hydrogen) atoms. The lowest BCUT2D eigenvalue weighted by molar-refractivity contribution is 0.187. The first-order chi connectivity index (χ1) is 18.1. The Morgan fingerprint density at radius 2 is 2.05 bits per heavy atom. The molecule has 2 atom stereocenters. The van der Waals surface area contributed by atoms with Crippen molar-refractivity contribution in [2.75, 3.05) is 63.3 Å². The summed E-state index contributed by atoms with van der Waals surface area (Å²) in [6, 6.07) is 9.57. The summed E-state index contributed by atoms with van der Waals surface area (Å²) in [4.78, 5) is 17.1. The van der Waals surface area contributed by atoms with Gasteiger partial charge in [0, 0.05) is 55.1 Å². The van der Waals surface area contributed by atoms with Gasteiger partial charge >= 0.3 is 6.01 Å². The molecule has 2 saturated heterocycles. The summed E-state index contributed by atoms with van der Waals surface area (Å²) < 4.78 is 11.9. The fourth-order valence-corrected chi connectivity index (χ4v) is 5.91. The number of aromatic nitrogens is 2. The van der Waals surface area contributed by atoms with Crippen LogP contribution in [-0.2, 0) is 13.0 Å². The van der Waals surface area contributed by atoms with E-state index in [-0.39, 0.29) is 6.04 Å². The molecule has 3 aliphatic heterocycles. The number of likely N-dealkylation sites (N-methyl/N-ethyl adjacent to an activating group) is 1. The van der Waals surface area contributed by atoms with Gasteiger partial charge in [0.15, 0.2) is 0 Å². The minimum Gasteiger partial charge on any atom is -0.496 e. The fraction of sp³-hybridized carbons (Fsp3) is 0.607. The van der Waals surface area contributed by atoms with Gasteiger partial charge in [-0.3, -0.25) is 0 Å². The second-order valence-electron chi connectivity index (χ2n) is 10.4. The van der Waals surface area contributed by atoms with Crippen molar-refractivity contribution in [3.63, 3.8) is 0 Å². The molecule has 0 radical (unpaired) electrons. The van der Waals surface area contributed by atoms with E-state index in [2.05, 4.69) is 52.2 Å². The van der Waals surface area contributed by atoms with Crippen molar-refractivity contribution in [2.24, 2.45) is 0 Å². The highest BCUT2D eigenvalue weighted by Crippen LogP contribution is 2.34. The first-order valence-electron chi connectivity index (χ1n) is 13.5. The molecule has 1 aromatic heterocycles. The summed E-state index contributed by atoms with van der Waals surface area (Å²) in [5.74, 6) is 1.88. The maximum Gasteiger partial charge on any atom is 0.318 e. The van der Waals surface area contributed by atoms with Crippen LogP contribution in [0.3, 0.4) is 0 Å². The Morgan fingerprint density at radius 3 is 2.84 bits per heavy atom. The van der Waals surface area contributed by atoms with Gasteiger partial charge in [-0.25, -0.2) is 0 Å². The van der Waals surface area contributed by atoms with Crippen molar-refractivity contribution in [3.8, 4) is 17.8 Å². The van der Waals surface area contributed by atoms with Crippen LogP contribution in [-0.4, -0.2) is 80.4 Å². The zero-order valence-electron chi connectivity index (χ0n) is 22.4. The highest BCUT2D eigenvalue weighted by atomic mass is 16.5. The van der Waals surface area contributed by atoms with Crippen LogP contribution in [0.5, 0.6) is 11.8 Å². The molecule has 0 saturated carbocycles. The molecule has 9 heteroatoms. The number of hydrogen-bond acceptors (Lipinski definition) is 9. The summed E-state index contributed by atoms with van der Waals surface area (Å²) in [6.45, 7) is 7.93. The Balaban J connectivity index is 1.47. The number of nitriles is 1. The van der Waals surface area contributed by atoms with E-state index in [0.29, 0.717) is 31.6 Å². The average molecular weight is 506 g/mol. The first-order valence-corrected chi connectivity index (χ1v) is 13.5. The lowest BCUT2D eigenvalue weighted by atomic mass is 10.1. The van der Waals surface area contributed by atoms with E-state index < -0.39 is 0 Å². The van der Waals surface area contributed by atoms with Crippen LogP contribution in [0.2, 0.25) is 0 Å². The molecule has 0 bridgehead atoms. The molecule has 1 unspecified atom stereocenters. The van der Waals surface area contributed by atoms with Gasteiger partial charge in [0.2, 0.25) is 0 Å². The third-order valence-corrected chi connectivity index (χ3v) is 8.03. The van der Waals surface area contributed by atoms with E-state index in [9.17, 15) is 5.26 Å². The maximum absolute atomic E-state index is 9.27. The smallest absolute Gasteiger partial charge is 0.318 e. The highest BCUT2D eigenvalue weighted by molar-refractivity contribution is 5.60. The minimum atomic E-state index is 0.141. The lowest BCUT2D eigenvalue weighted by Crippen LogP contribution is -2.51. The number of nitrogens with one attached hydrogen (secondary N) is 1. The Kier molecular flexibility index (Phi) is 7.96. The third-order valence-electron chi connectivity index (χ3n) is 8.03. The van der Waals surface area contributed by atoms with E-state index >= 15 is 0 Å². The zero-order valence-corrected chi connectivity index (χ0v) is 22.4. The number of rotatable bonds is 7. The maximum atomic E-state index is 9.27. The van der Waals surface area contributed by atoms with Crippen molar-refractivity contribution in [1.29, 1.82) is 5.26 Å². The van der Waals surface area contributed by atoms with Gasteiger partial charge in [-0.05, 0) is 58.3 Å². The van der Waals surface area contributed by atoms with Crippen LogP contribution in [0.15, 0.2) is 18.2 Å². The van der Waals surface area contributed by atoms with E-state index in [1.54, 1.807) is 7.11 Å². The minimum absolute atomic E-state index is 0.141. The van der Waals surface area contributed by atoms with Gasteiger partial charge in [-0.1, -0.05) is 6.07 Å². The number of likely N-dealkylation sites (tertiary alicyclic amines) is 1. The van der Waals surface area contributed by atoms with E-state index in [4.69, 9.17) is 19.4 Å². The summed E-state index contributed by atoms with van der Waals surface area (Å²) in [7, 11) is 3.89. The molecule has 5 rings (SSSR count). The summed E-state index contributed by atoms with van der Waals surface area (Å²) >= 11 is 0. The van der Waals surface area contributed by atoms with Gasteiger partial charge in [-0.15, -0.1) is 0 Å². The number of nitrogens with zero attached hydrogens (tertiary/aromatic N) is 6. The number of fused-ring (bicyclic) bond motifs is 1. The SMILES string of the molecule is COc1cccc(N2CCCc3c(nc(OC[C@@H]4CCCN4C)nc3N3CCNC(CC#N)C3)C2)c1C.